The molecule has 0 aliphatic rings. The summed E-state index contributed by atoms with van der Waals surface area (Å²) in [5.74, 6) is 0. The van der Waals surface area contributed by atoms with Crippen LogP contribution in [0.25, 0.3) is 4.91 Å². The lowest BCUT2D eigenvalue weighted by Crippen LogP contribution is -1.88. The Bertz CT molecular complexity index is 943. The minimum atomic E-state index is -0.0555. The van der Waals surface area contributed by atoms with Gasteiger partial charge in [0.25, 0.3) is 0 Å². The molecule has 0 aliphatic heterocycles. The van der Waals surface area contributed by atoms with Gasteiger partial charge in [0.15, 0.2) is 10.3 Å². The third-order valence-corrected chi connectivity index (χ3v) is 6.10. The number of halogens is 5. The molecule has 3 nitrogen and oxygen atoms in total. The largest absolute Gasteiger partial charge is 0.221 e. The molecule has 2 aromatic rings. The third kappa shape index (κ3) is 5.09. The topological polar surface area (TPSA) is 60.5 Å². The molecule has 0 saturated carbocycles. The Morgan fingerprint density at radius 1 is 0.885 bits per heavy atom. The maximum atomic E-state index is 8.92. The minimum Gasteiger partial charge on any atom is -0.221 e. The Labute approximate surface area is 179 Å². The van der Waals surface area contributed by atoms with Gasteiger partial charge in [-0.15, -0.1) is 0 Å². The second-order valence-electron chi connectivity index (χ2n) is 4.59. The van der Waals surface area contributed by atoms with E-state index in [2.05, 4.69) is 4.98 Å². The molecule has 9 heteroatoms. The normalized spacial score (nSPS) is 10.8. The molecule has 0 N–H and O–H groups in total. The van der Waals surface area contributed by atoms with Gasteiger partial charge in [0.2, 0.25) is 0 Å². The van der Waals surface area contributed by atoms with Crippen LogP contribution in [0.4, 0.5) is 0 Å². The second-order valence-corrected chi connectivity index (χ2v) is 7.55. The van der Waals surface area contributed by atoms with E-state index in [1.54, 1.807) is 42.5 Å². The van der Waals surface area contributed by atoms with E-state index in [9.17, 15) is 0 Å². The minimum absolute atomic E-state index is 0.0179. The van der Waals surface area contributed by atoms with Gasteiger partial charge in [0, 0.05) is 9.93 Å². The molecule has 0 spiro atoms. The van der Waals surface area contributed by atoms with E-state index >= 15 is 0 Å². The van der Waals surface area contributed by atoms with Crippen molar-refractivity contribution in [2.75, 3.05) is 0 Å². The molecule has 0 amide bonds. The Kier molecular flexibility index (Phi) is 7.68. The van der Waals surface area contributed by atoms with Gasteiger partial charge in [0.1, 0.15) is 17.7 Å². The van der Waals surface area contributed by atoms with Crippen LogP contribution in [0.2, 0.25) is 25.4 Å². The summed E-state index contributed by atoms with van der Waals surface area (Å²) < 4.78 is 0. The molecule has 0 radical (unpaired) electrons. The Balaban J connectivity index is 2.58. The summed E-state index contributed by atoms with van der Waals surface area (Å²) in [6.07, 6.45) is 2.99. The van der Waals surface area contributed by atoms with Crippen molar-refractivity contribution < 1.29 is 0 Å². The molecule has 0 unspecified atom stereocenters. The summed E-state index contributed by atoms with van der Waals surface area (Å²) in [7, 11) is 0. The van der Waals surface area contributed by atoms with Crippen molar-refractivity contribution in [1.82, 2.24) is 4.98 Å². The molecule has 0 atom stereocenters. The maximum absolute atomic E-state index is 8.92. The van der Waals surface area contributed by atoms with Crippen LogP contribution in [0.3, 0.4) is 0 Å². The Morgan fingerprint density at radius 2 is 1.42 bits per heavy atom. The van der Waals surface area contributed by atoms with Crippen LogP contribution in [-0.4, -0.2) is 4.98 Å². The summed E-state index contributed by atoms with van der Waals surface area (Å²) in [5.41, 5.74) is 0.710. The van der Waals surface area contributed by atoms with Crippen LogP contribution in [0, 0.1) is 22.7 Å². The second kappa shape index (κ2) is 9.53. The van der Waals surface area contributed by atoms with E-state index < -0.39 is 0 Å². The van der Waals surface area contributed by atoms with Gasteiger partial charge in [-0.2, -0.15) is 10.5 Å². The van der Waals surface area contributed by atoms with Crippen LogP contribution < -0.4 is 0 Å². The molecule has 0 bridgehead atoms. The number of benzene rings is 1. The summed E-state index contributed by atoms with van der Waals surface area (Å²) in [5, 5.41) is 18.7. The molecule has 26 heavy (non-hydrogen) atoms. The van der Waals surface area contributed by atoms with Crippen LogP contribution in [0.1, 0.15) is 5.56 Å². The molecule has 1 aromatic heterocycles. The zero-order chi connectivity index (χ0) is 19.3. The number of allylic oxidation sites excluding steroid dienone is 3. The highest BCUT2D eigenvalue weighted by molar-refractivity contribution is 8.08. The number of rotatable bonds is 4. The lowest BCUT2D eigenvalue weighted by molar-refractivity contribution is 1.26. The number of nitrogens with zero attached hydrogens (tertiary/aromatic N) is 3. The fraction of sp³-hybridized carbons (Fsp3) is 0. The van der Waals surface area contributed by atoms with Crippen molar-refractivity contribution in [2.45, 2.75) is 4.90 Å². The molecule has 2 rings (SSSR count). The predicted molar refractivity (Wildman–Crippen MR) is 109 cm³/mol. The Hall–Kier alpha value is -1.37. The highest BCUT2D eigenvalue weighted by Crippen LogP contribution is 2.46. The number of pyridine rings is 1. The fourth-order valence-corrected chi connectivity index (χ4v) is 3.90. The lowest BCUT2D eigenvalue weighted by atomic mass is 10.2. The summed E-state index contributed by atoms with van der Waals surface area (Å²) in [6, 6.07) is 10.6. The highest BCUT2D eigenvalue weighted by Gasteiger charge is 2.18. The van der Waals surface area contributed by atoms with Crippen LogP contribution in [0.15, 0.2) is 46.9 Å². The highest BCUT2D eigenvalue weighted by atomic mass is 35.5. The first-order chi connectivity index (χ1) is 12.4. The van der Waals surface area contributed by atoms with E-state index in [-0.39, 0.29) is 25.9 Å². The number of hydrogen-bond acceptors (Lipinski definition) is 4. The summed E-state index contributed by atoms with van der Waals surface area (Å²) >= 11 is 31.5. The van der Waals surface area contributed by atoms with E-state index in [1.165, 1.54) is 17.8 Å². The number of hydrogen-bond donors (Lipinski definition) is 0. The molecule has 0 aliphatic carbocycles. The summed E-state index contributed by atoms with van der Waals surface area (Å²) in [4.78, 5) is 4.90. The van der Waals surface area contributed by atoms with Gasteiger partial charge in [-0.25, -0.2) is 4.98 Å². The maximum Gasteiger partial charge on any atom is 0.150 e. The van der Waals surface area contributed by atoms with Crippen molar-refractivity contribution in [2.24, 2.45) is 0 Å². The van der Waals surface area contributed by atoms with Gasteiger partial charge in [-0.3, -0.25) is 0 Å². The molecule has 1 heterocycles. The molecular formula is C17H6Cl5N3S. The SMILES string of the molecule is N#CC(C#N)=CC=C(Sc1c(Cl)c(Cl)nc(Cl)c1Cl)c1ccc(Cl)cc1. The zero-order valence-corrected chi connectivity index (χ0v) is 17.2. The average Bonchev–Trinajstić information content (AvgIpc) is 2.63. The van der Waals surface area contributed by atoms with Crippen molar-refractivity contribution in [3.05, 3.63) is 72.9 Å². The van der Waals surface area contributed by atoms with Crippen molar-refractivity contribution in [1.29, 1.82) is 10.5 Å². The Morgan fingerprint density at radius 3 is 1.92 bits per heavy atom. The lowest BCUT2D eigenvalue weighted by Gasteiger charge is -2.12. The van der Waals surface area contributed by atoms with Crippen molar-refractivity contribution in [3.8, 4) is 12.1 Å². The van der Waals surface area contributed by atoms with Gasteiger partial charge < -0.3 is 0 Å². The van der Waals surface area contributed by atoms with E-state index in [1.807, 2.05) is 0 Å². The van der Waals surface area contributed by atoms with Gasteiger partial charge >= 0.3 is 0 Å². The third-order valence-electron chi connectivity index (χ3n) is 2.94. The van der Waals surface area contributed by atoms with E-state index in [0.717, 1.165) is 5.56 Å². The van der Waals surface area contributed by atoms with E-state index in [4.69, 9.17) is 68.5 Å². The first kappa shape index (κ1) is 20.9. The van der Waals surface area contributed by atoms with Gasteiger partial charge in [-0.1, -0.05) is 81.9 Å². The summed E-state index contributed by atoms with van der Waals surface area (Å²) in [6.45, 7) is 0. The molecular weight excluding hydrogens is 456 g/mol. The molecule has 1 aromatic carbocycles. The fourth-order valence-electron chi connectivity index (χ4n) is 1.73. The average molecular weight is 462 g/mol. The van der Waals surface area contributed by atoms with Crippen LogP contribution in [-0.2, 0) is 0 Å². The smallest absolute Gasteiger partial charge is 0.150 e. The molecule has 0 fully saturated rings. The standard InChI is InChI=1S/C17H6Cl5N3S/c18-11-4-2-10(3-5-11)12(6-1-9(7-23)8-24)26-15-13(19)16(21)25-17(22)14(15)20/h1-6H. The molecule has 0 saturated heterocycles. The predicted octanol–water partition coefficient (Wildman–Crippen LogP) is 7.46. The first-order valence-electron chi connectivity index (χ1n) is 6.73. The monoisotopic (exact) mass is 459 g/mol. The molecule has 130 valence electrons. The quantitative estimate of drug-likeness (QED) is 0.205. The van der Waals surface area contributed by atoms with Gasteiger partial charge in [-0.05, 0) is 29.8 Å². The van der Waals surface area contributed by atoms with E-state index in [0.29, 0.717) is 14.8 Å². The van der Waals surface area contributed by atoms with Crippen molar-refractivity contribution in [3.63, 3.8) is 0 Å². The first-order valence-corrected chi connectivity index (χ1v) is 9.44. The zero-order valence-electron chi connectivity index (χ0n) is 12.6. The van der Waals surface area contributed by atoms with Crippen LogP contribution in [0.5, 0.6) is 0 Å². The number of aromatic nitrogens is 1. The van der Waals surface area contributed by atoms with Crippen LogP contribution >= 0.6 is 69.8 Å². The number of nitriles is 2. The van der Waals surface area contributed by atoms with Gasteiger partial charge in [0.05, 0.1) is 14.9 Å². The van der Waals surface area contributed by atoms with Crippen molar-refractivity contribution >= 4 is 74.7 Å². The number of thioether (sulfide) groups is 1.